The van der Waals surface area contributed by atoms with Crippen molar-refractivity contribution >= 4 is 19.7 Å². The molecule has 0 fully saturated rings. The van der Waals surface area contributed by atoms with Crippen molar-refractivity contribution < 1.29 is 21.9 Å². The molecule has 0 heterocycles. The highest BCUT2D eigenvalue weighted by Crippen LogP contribution is 2.27. The predicted molar refractivity (Wildman–Crippen MR) is 69.0 cm³/mol. The summed E-state index contributed by atoms with van der Waals surface area (Å²) in [5, 5.41) is 0. The van der Waals surface area contributed by atoms with Gasteiger partial charge in [0.15, 0.2) is 11.6 Å². The summed E-state index contributed by atoms with van der Waals surface area (Å²) < 4.78 is 54.2. The zero-order chi connectivity index (χ0) is 14.6. The Kier molecular flexibility index (Phi) is 5.55. The number of halogens is 3. The molecule has 0 aliphatic carbocycles. The van der Waals surface area contributed by atoms with Crippen LogP contribution in [0.15, 0.2) is 17.0 Å². The Morgan fingerprint density at radius 1 is 1.32 bits per heavy atom. The maximum Gasteiger partial charge on any atom is 0.264 e. The Morgan fingerprint density at radius 3 is 2.47 bits per heavy atom. The second-order valence-corrected chi connectivity index (χ2v) is 6.87. The summed E-state index contributed by atoms with van der Waals surface area (Å²) in [5.74, 6) is -2.98. The van der Waals surface area contributed by atoms with E-state index in [1.165, 1.54) is 0 Å². The number of hydrogen-bond acceptors (Lipinski definition) is 3. The van der Waals surface area contributed by atoms with Gasteiger partial charge < -0.3 is 4.74 Å². The van der Waals surface area contributed by atoms with Gasteiger partial charge in [-0.3, -0.25) is 0 Å². The maximum absolute atomic E-state index is 13.6. The summed E-state index contributed by atoms with van der Waals surface area (Å²) in [6.07, 6.45) is 1.86. The Morgan fingerprint density at radius 2 is 1.95 bits per heavy atom. The molecule has 1 aromatic carbocycles. The van der Waals surface area contributed by atoms with E-state index in [1.807, 2.05) is 13.8 Å². The van der Waals surface area contributed by atoms with Crippen LogP contribution in [0.3, 0.4) is 0 Å². The summed E-state index contributed by atoms with van der Waals surface area (Å²) in [5.41, 5.74) is 0. The first-order chi connectivity index (χ1) is 8.77. The fraction of sp³-hybridized carbons (Fsp3) is 0.500. The van der Waals surface area contributed by atoms with Crippen molar-refractivity contribution in [3.05, 3.63) is 23.8 Å². The molecule has 108 valence electrons. The minimum atomic E-state index is -4.31. The second-order valence-electron chi connectivity index (χ2n) is 4.33. The first-order valence-electron chi connectivity index (χ1n) is 5.82. The molecular formula is C12H15ClF2O3S. The van der Waals surface area contributed by atoms with Gasteiger partial charge >= 0.3 is 0 Å². The van der Waals surface area contributed by atoms with E-state index in [0.717, 1.165) is 25.0 Å². The van der Waals surface area contributed by atoms with E-state index >= 15 is 0 Å². The molecule has 1 atom stereocenters. The van der Waals surface area contributed by atoms with Crippen LogP contribution in [0.25, 0.3) is 0 Å². The van der Waals surface area contributed by atoms with Crippen molar-refractivity contribution in [3.63, 3.8) is 0 Å². The monoisotopic (exact) mass is 312 g/mol. The van der Waals surface area contributed by atoms with Crippen LogP contribution in [-0.2, 0) is 9.05 Å². The summed E-state index contributed by atoms with van der Waals surface area (Å²) in [4.78, 5) is -0.888. The number of rotatable bonds is 6. The zero-order valence-corrected chi connectivity index (χ0v) is 12.2. The Bertz CT molecular complexity index is 546. The third-order valence-corrected chi connectivity index (χ3v) is 3.92. The van der Waals surface area contributed by atoms with Crippen molar-refractivity contribution in [2.24, 2.45) is 5.92 Å². The van der Waals surface area contributed by atoms with Gasteiger partial charge in [-0.15, -0.1) is 0 Å². The number of ether oxygens (including phenoxy) is 1. The smallest absolute Gasteiger partial charge is 0.264 e. The van der Waals surface area contributed by atoms with Crippen LogP contribution >= 0.6 is 10.7 Å². The molecule has 3 nitrogen and oxygen atoms in total. The number of benzene rings is 1. The molecule has 0 saturated carbocycles. The van der Waals surface area contributed by atoms with Crippen LogP contribution in [0.2, 0.25) is 0 Å². The Balaban J connectivity index is 2.92. The summed E-state index contributed by atoms with van der Waals surface area (Å²) in [7, 11) is 0.671. The van der Waals surface area contributed by atoms with E-state index in [0.29, 0.717) is 0 Å². The van der Waals surface area contributed by atoms with E-state index in [9.17, 15) is 17.2 Å². The topological polar surface area (TPSA) is 43.4 Å². The average Bonchev–Trinajstić information content (AvgIpc) is 2.29. The largest absolute Gasteiger partial charge is 0.490 e. The quantitative estimate of drug-likeness (QED) is 0.752. The molecule has 7 heteroatoms. The van der Waals surface area contributed by atoms with E-state index in [1.54, 1.807) is 0 Å². The van der Waals surface area contributed by atoms with Crippen LogP contribution in [0.5, 0.6) is 5.75 Å². The summed E-state index contributed by atoms with van der Waals surface area (Å²) in [6.45, 7) is 4.17. The summed E-state index contributed by atoms with van der Waals surface area (Å²) >= 11 is 0. The molecule has 0 amide bonds. The highest BCUT2D eigenvalue weighted by atomic mass is 35.7. The Labute approximate surface area is 115 Å². The highest BCUT2D eigenvalue weighted by molar-refractivity contribution is 8.13. The van der Waals surface area contributed by atoms with Gasteiger partial charge in [0.1, 0.15) is 4.90 Å². The van der Waals surface area contributed by atoms with Crippen LogP contribution in [0.4, 0.5) is 8.78 Å². The number of hydrogen-bond donors (Lipinski definition) is 0. The molecule has 19 heavy (non-hydrogen) atoms. The van der Waals surface area contributed by atoms with Crippen molar-refractivity contribution in [1.29, 1.82) is 0 Å². The lowest BCUT2D eigenvalue weighted by Crippen LogP contribution is -2.10. The van der Waals surface area contributed by atoms with Crippen LogP contribution in [0.1, 0.15) is 26.7 Å². The lowest BCUT2D eigenvalue weighted by Gasteiger charge is -2.13. The molecule has 1 rings (SSSR count). The molecule has 0 aliphatic heterocycles. The predicted octanol–water partition coefficient (Wildman–Crippen LogP) is 3.71. The normalized spacial score (nSPS) is 13.3. The fourth-order valence-electron chi connectivity index (χ4n) is 1.62. The molecule has 1 aromatic rings. The molecule has 0 saturated heterocycles. The van der Waals surface area contributed by atoms with Gasteiger partial charge in [0.25, 0.3) is 9.05 Å². The van der Waals surface area contributed by atoms with E-state index < -0.39 is 25.6 Å². The van der Waals surface area contributed by atoms with Crippen molar-refractivity contribution in [2.45, 2.75) is 31.6 Å². The van der Waals surface area contributed by atoms with Crippen LogP contribution in [0, 0.1) is 17.6 Å². The zero-order valence-electron chi connectivity index (χ0n) is 10.6. The molecule has 0 aliphatic rings. The van der Waals surface area contributed by atoms with Gasteiger partial charge in [-0.1, -0.05) is 20.3 Å². The van der Waals surface area contributed by atoms with Crippen LogP contribution in [-0.4, -0.2) is 15.0 Å². The van der Waals surface area contributed by atoms with Gasteiger partial charge in [0, 0.05) is 10.7 Å². The van der Waals surface area contributed by atoms with Gasteiger partial charge in [0.2, 0.25) is 5.82 Å². The molecular weight excluding hydrogens is 298 g/mol. The van der Waals surface area contributed by atoms with Gasteiger partial charge in [-0.25, -0.2) is 12.8 Å². The van der Waals surface area contributed by atoms with E-state index in [4.69, 9.17) is 15.4 Å². The van der Waals surface area contributed by atoms with Crippen molar-refractivity contribution in [2.75, 3.05) is 6.61 Å². The van der Waals surface area contributed by atoms with Gasteiger partial charge in [-0.2, -0.15) is 4.39 Å². The van der Waals surface area contributed by atoms with Gasteiger partial charge in [-0.05, 0) is 24.5 Å². The minimum absolute atomic E-state index is 0.198. The second kappa shape index (κ2) is 6.52. The van der Waals surface area contributed by atoms with Crippen molar-refractivity contribution in [3.8, 4) is 5.75 Å². The molecule has 0 aromatic heterocycles. The third kappa shape index (κ3) is 4.31. The van der Waals surface area contributed by atoms with Gasteiger partial charge in [0.05, 0.1) is 6.61 Å². The lowest BCUT2D eigenvalue weighted by atomic mass is 10.1. The highest BCUT2D eigenvalue weighted by Gasteiger charge is 2.22. The SMILES string of the molecule is CCCC(C)COc1ccc(S(=O)(=O)Cl)c(F)c1F. The standard InChI is InChI=1S/C12H15ClF2O3S/c1-3-4-8(2)7-18-9-5-6-10(19(13,16)17)12(15)11(9)14/h5-6,8H,3-4,7H2,1-2H3. The molecule has 0 N–H and O–H groups in total. The first kappa shape index (κ1) is 16.2. The molecule has 0 bridgehead atoms. The lowest BCUT2D eigenvalue weighted by molar-refractivity contribution is 0.238. The maximum atomic E-state index is 13.6. The fourth-order valence-corrected chi connectivity index (χ4v) is 2.51. The third-order valence-electron chi connectivity index (χ3n) is 2.58. The van der Waals surface area contributed by atoms with Crippen LogP contribution < -0.4 is 4.74 Å². The Hall–Kier alpha value is -0.880. The van der Waals surface area contributed by atoms with E-state index in [-0.39, 0.29) is 18.3 Å². The molecule has 0 radical (unpaired) electrons. The first-order valence-corrected chi connectivity index (χ1v) is 8.13. The summed E-state index contributed by atoms with van der Waals surface area (Å²) in [6, 6.07) is 1.95. The van der Waals surface area contributed by atoms with Crippen molar-refractivity contribution in [1.82, 2.24) is 0 Å². The minimum Gasteiger partial charge on any atom is -0.490 e. The molecule has 0 spiro atoms. The van der Waals surface area contributed by atoms with E-state index in [2.05, 4.69) is 0 Å². The molecule has 1 unspecified atom stereocenters. The average molecular weight is 313 g/mol.